The molecule has 0 aromatic rings. The first kappa shape index (κ1) is 9.88. The van der Waals surface area contributed by atoms with Crippen LogP contribution in [-0.4, -0.2) is 19.2 Å². The van der Waals surface area contributed by atoms with Crippen molar-refractivity contribution in [2.45, 2.75) is 20.8 Å². The monoisotopic (exact) mass is 154 g/mol. The number of rotatable bonds is 3. The molecular weight excluding hydrogens is 140 g/mol. The molecular formula is C8H14N2O. The van der Waals surface area contributed by atoms with Crippen LogP contribution in [0, 0.1) is 0 Å². The van der Waals surface area contributed by atoms with E-state index < -0.39 is 0 Å². The van der Waals surface area contributed by atoms with Gasteiger partial charge in [-0.15, -0.1) is 0 Å². The van der Waals surface area contributed by atoms with Crippen LogP contribution in [0.1, 0.15) is 20.8 Å². The molecule has 11 heavy (non-hydrogen) atoms. The van der Waals surface area contributed by atoms with E-state index in [1.54, 1.807) is 13.1 Å². The summed E-state index contributed by atoms with van der Waals surface area (Å²) >= 11 is 0. The van der Waals surface area contributed by atoms with E-state index in [0.29, 0.717) is 12.4 Å². The first-order valence-electron chi connectivity index (χ1n) is 3.51. The molecule has 0 heterocycles. The average molecular weight is 154 g/mol. The summed E-state index contributed by atoms with van der Waals surface area (Å²) in [6, 6.07) is 0. The largest absolute Gasteiger partial charge is 0.497 e. The lowest BCUT2D eigenvalue weighted by molar-refractivity contribution is 0.230. The highest BCUT2D eigenvalue weighted by atomic mass is 16.5. The Morgan fingerprint density at radius 1 is 1.55 bits per heavy atom. The van der Waals surface area contributed by atoms with Crippen molar-refractivity contribution >= 4 is 12.6 Å². The van der Waals surface area contributed by atoms with Crippen LogP contribution in [0.3, 0.4) is 0 Å². The van der Waals surface area contributed by atoms with E-state index in [1.807, 2.05) is 13.8 Å². The Morgan fingerprint density at radius 3 is 2.64 bits per heavy atom. The van der Waals surface area contributed by atoms with E-state index in [-0.39, 0.29) is 0 Å². The number of aliphatic imine (C=N–C) groups is 2. The van der Waals surface area contributed by atoms with Gasteiger partial charge < -0.3 is 4.74 Å². The molecule has 0 radical (unpaired) electrons. The highest BCUT2D eigenvalue weighted by Crippen LogP contribution is 1.95. The normalized spacial score (nSPS) is 13.0. The third-order valence-corrected chi connectivity index (χ3v) is 1.03. The number of amidine groups is 1. The minimum Gasteiger partial charge on any atom is -0.497 e. The SMILES string of the molecule is C=N/C(C)=N\C=C(/C)OCC. The van der Waals surface area contributed by atoms with Gasteiger partial charge in [-0.3, -0.25) is 0 Å². The maximum absolute atomic E-state index is 5.13. The van der Waals surface area contributed by atoms with Gasteiger partial charge in [-0.1, -0.05) is 0 Å². The molecule has 0 aromatic heterocycles. The molecule has 0 aliphatic carbocycles. The highest BCUT2D eigenvalue weighted by molar-refractivity contribution is 5.84. The van der Waals surface area contributed by atoms with Crippen LogP contribution < -0.4 is 0 Å². The van der Waals surface area contributed by atoms with E-state index in [0.717, 1.165) is 5.76 Å². The maximum atomic E-state index is 5.13. The number of allylic oxidation sites excluding steroid dienone is 1. The van der Waals surface area contributed by atoms with Crippen LogP contribution >= 0.6 is 0 Å². The second kappa shape index (κ2) is 5.65. The van der Waals surface area contributed by atoms with E-state index >= 15 is 0 Å². The van der Waals surface area contributed by atoms with Gasteiger partial charge in [-0.2, -0.15) is 0 Å². The van der Waals surface area contributed by atoms with Gasteiger partial charge in [0.25, 0.3) is 0 Å². The Labute approximate surface area is 67.5 Å². The molecule has 0 amide bonds. The summed E-state index contributed by atoms with van der Waals surface area (Å²) in [6.07, 6.45) is 1.63. The molecule has 0 fully saturated rings. The lowest BCUT2D eigenvalue weighted by Gasteiger charge is -1.98. The third kappa shape index (κ3) is 5.33. The maximum Gasteiger partial charge on any atom is 0.124 e. The van der Waals surface area contributed by atoms with Gasteiger partial charge in [-0.05, 0) is 27.5 Å². The number of hydrogen-bond acceptors (Lipinski definition) is 2. The first-order chi connectivity index (χ1) is 5.20. The van der Waals surface area contributed by atoms with Gasteiger partial charge in [0.2, 0.25) is 0 Å². The molecule has 0 unspecified atom stereocenters. The predicted molar refractivity (Wildman–Crippen MR) is 48.0 cm³/mol. The minimum atomic E-state index is 0.643. The lowest BCUT2D eigenvalue weighted by Crippen LogP contribution is -1.86. The van der Waals surface area contributed by atoms with Crippen molar-refractivity contribution in [2.24, 2.45) is 9.98 Å². The third-order valence-electron chi connectivity index (χ3n) is 1.03. The molecule has 0 saturated heterocycles. The van der Waals surface area contributed by atoms with Crippen molar-refractivity contribution in [3.8, 4) is 0 Å². The second-order valence-electron chi connectivity index (χ2n) is 2.01. The van der Waals surface area contributed by atoms with Gasteiger partial charge in [-0.25, -0.2) is 9.98 Å². The molecule has 0 aliphatic rings. The second-order valence-corrected chi connectivity index (χ2v) is 2.01. The molecule has 0 saturated carbocycles. The number of nitrogens with zero attached hydrogens (tertiary/aromatic N) is 2. The molecule has 3 heteroatoms. The Bertz CT molecular complexity index is 183. The molecule has 0 N–H and O–H groups in total. The Morgan fingerprint density at radius 2 is 2.18 bits per heavy atom. The van der Waals surface area contributed by atoms with Crippen LogP contribution in [0.15, 0.2) is 21.9 Å². The quantitative estimate of drug-likeness (QED) is 0.348. The smallest absolute Gasteiger partial charge is 0.124 e. The molecule has 0 rings (SSSR count). The average Bonchev–Trinajstić information content (AvgIpc) is 2.01. The fourth-order valence-corrected chi connectivity index (χ4v) is 0.490. The molecule has 0 aliphatic heterocycles. The summed E-state index contributed by atoms with van der Waals surface area (Å²) in [4.78, 5) is 7.58. The van der Waals surface area contributed by atoms with Crippen LogP contribution in [0.5, 0.6) is 0 Å². The van der Waals surface area contributed by atoms with E-state index in [4.69, 9.17) is 4.74 Å². The summed E-state index contributed by atoms with van der Waals surface area (Å²) in [5, 5.41) is 0. The Hall–Kier alpha value is -1.12. The first-order valence-corrected chi connectivity index (χ1v) is 3.51. The summed E-state index contributed by atoms with van der Waals surface area (Å²) < 4.78 is 5.13. The van der Waals surface area contributed by atoms with Crippen molar-refractivity contribution in [1.29, 1.82) is 0 Å². The summed E-state index contributed by atoms with van der Waals surface area (Å²) in [5.41, 5.74) is 0. The Kier molecular flexibility index (Phi) is 5.07. The topological polar surface area (TPSA) is 34.0 Å². The summed E-state index contributed by atoms with van der Waals surface area (Å²) in [6.45, 7) is 9.56. The van der Waals surface area contributed by atoms with E-state index in [9.17, 15) is 0 Å². The van der Waals surface area contributed by atoms with E-state index in [2.05, 4.69) is 16.7 Å². The lowest BCUT2D eigenvalue weighted by atomic mass is 10.6. The highest BCUT2D eigenvalue weighted by Gasteiger charge is 1.84. The van der Waals surface area contributed by atoms with Crippen molar-refractivity contribution in [1.82, 2.24) is 0 Å². The van der Waals surface area contributed by atoms with Crippen LogP contribution in [-0.2, 0) is 4.74 Å². The fourth-order valence-electron chi connectivity index (χ4n) is 0.490. The number of ether oxygens (including phenoxy) is 1. The van der Waals surface area contributed by atoms with E-state index in [1.165, 1.54) is 0 Å². The van der Waals surface area contributed by atoms with Gasteiger partial charge in [0.15, 0.2) is 0 Å². The zero-order valence-corrected chi connectivity index (χ0v) is 7.29. The summed E-state index contributed by atoms with van der Waals surface area (Å²) in [7, 11) is 0. The zero-order valence-electron chi connectivity index (χ0n) is 7.29. The van der Waals surface area contributed by atoms with Crippen molar-refractivity contribution in [3.05, 3.63) is 12.0 Å². The summed E-state index contributed by atoms with van der Waals surface area (Å²) in [5.74, 6) is 1.43. The van der Waals surface area contributed by atoms with Crippen molar-refractivity contribution in [3.63, 3.8) is 0 Å². The fraction of sp³-hybridized carbons (Fsp3) is 0.500. The Balaban J connectivity index is 3.99. The standard InChI is InChI=1S/C8H14N2O/c1-5-11-7(2)6-10-8(3)9-4/h6H,4-5H2,1-3H3/b7-6+,10-8-. The van der Waals surface area contributed by atoms with Crippen molar-refractivity contribution < 1.29 is 4.74 Å². The van der Waals surface area contributed by atoms with Crippen LogP contribution in [0.25, 0.3) is 0 Å². The molecule has 0 spiro atoms. The molecule has 3 nitrogen and oxygen atoms in total. The minimum absolute atomic E-state index is 0.643. The molecule has 0 atom stereocenters. The van der Waals surface area contributed by atoms with Crippen LogP contribution in [0.2, 0.25) is 0 Å². The van der Waals surface area contributed by atoms with Gasteiger partial charge >= 0.3 is 0 Å². The predicted octanol–water partition coefficient (Wildman–Crippen LogP) is 2.00. The van der Waals surface area contributed by atoms with Gasteiger partial charge in [0.05, 0.1) is 12.8 Å². The van der Waals surface area contributed by atoms with Crippen LogP contribution in [0.4, 0.5) is 0 Å². The van der Waals surface area contributed by atoms with Gasteiger partial charge in [0, 0.05) is 0 Å². The zero-order chi connectivity index (χ0) is 8.69. The molecule has 0 bridgehead atoms. The van der Waals surface area contributed by atoms with Crippen molar-refractivity contribution in [2.75, 3.05) is 6.61 Å². The molecule has 62 valence electrons. The van der Waals surface area contributed by atoms with Gasteiger partial charge in [0.1, 0.15) is 11.6 Å². The number of hydrogen-bond donors (Lipinski definition) is 0. The molecule has 0 aromatic carbocycles.